The van der Waals surface area contributed by atoms with E-state index in [9.17, 15) is 4.79 Å². The van der Waals surface area contributed by atoms with Crippen molar-refractivity contribution in [3.8, 4) is 0 Å². The summed E-state index contributed by atoms with van der Waals surface area (Å²) in [6.07, 6.45) is 7.56. The third-order valence-electron chi connectivity index (χ3n) is 5.05. The van der Waals surface area contributed by atoms with E-state index in [2.05, 4.69) is 6.07 Å². The number of halogens is 1. The topological polar surface area (TPSA) is 20.3 Å². The lowest BCUT2D eigenvalue weighted by Gasteiger charge is -2.27. The number of rotatable bonds is 4. The van der Waals surface area contributed by atoms with E-state index in [0.717, 1.165) is 23.6 Å². The van der Waals surface area contributed by atoms with E-state index in [-0.39, 0.29) is 5.92 Å². The predicted octanol–water partition coefficient (Wildman–Crippen LogP) is 4.48. The van der Waals surface area contributed by atoms with E-state index in [1.807, 2.05) is 30.1 Å². The lowest BCUT2D eigenvalue weighted by molar-refractivity contribution is -0.132. The van der Waals surface area contributed by atoms with Gasteiger partial charge in [-0.1, -0.05) is 49.1 Å². The Morgan fingerprint density at radius 1 is 1.24 bits per heavy atom. The van der Waals surface area contributed by atoms with Gasteiger partial charge in [0, 0.05) is 24.5 Å². The van der Waals surface area contributed by atoms with Gasteiger partial charge in [0.05, 0.1) is 0 Å². The minimum atomic E-state index is 0.151. The minimum Gasteiger partial charge on any atom is -0.345 e. The number of amides is 1. The Balaban J connectivity index is 1.56. The third-order valence-corrected chi connectivity index (χ3v) is 5.39. The van der Waals surface area contributed by atoms with Crippen LogP contribution in [0, 0.1) is 11.8 Å². The molecule has 2 unspecified atom stereocenters. The van der Waals surface area contributed by atoms with E-state index in [4.69, 9.17) is 11.6 Å². The van der Waals surface area contributed by atoms with E-state index in [0.29, 0.717) is 17.7 Å². The van der Waals surface area contributed by atoms with Crippen LogP contribution >= 0.6 is 11.6 Å². The second kappa shape index (κ2) is 6.39. The molecule has 0 aromatic heterocycles. The fourth-order valence-corrected chi connectivity index (χ4v) is 3.99. The minimum absolute atomic E-state index is 0.151. The van der Waals surface area contributed by atoms with Crippen molar-refractivity contribution >= 4 is 17.5 Å². The van der Waals surface area contributed by atoms with E-state index < -0.39 is 0 Å². The summed E-state index contributed by atoms with van der Waals surface area (Å²) in [4.78, 5) is 14.5. The largest absolute Gasteiger partial charge is 0.345 e. The standard InChI is InChI=1S/C18H24ClNO/c1-20(12-13-7-3-2-4-8-13)18(21)16-11-15(16)14-9-5-6-10-17(14)19/h5-6,9-10,13,15-16H,2-4,7-8,11-12H2,1H3. The predicted molar refractivity (Wildman–Crippen MR) is 86.5 cm³/mol. The molecule has 0 aliphatic heterocycles. The molecule has 2 saturated carbocycles. The molecule has 2 atom stereocenters. The summed E-state index contributed by atoms with van der Waals surface area (Å²) in [6.45, 7) is 0.935. The molecule has 0 heterocycles. The van der Waals surface area contributed by atoms with Crippen LogP contribution < -0.4 is 0 Å². The lowest BCUT2D eigenvalue weighted by Crippen LogP contribution is -2.34. The van der Waals surface area contributed by atoms with Crippen LogP contribution in [0.4, 0.5) is 0 Å². The first kappa shape index (κ1) is 14.9. The first-order chi connectivity index (χ1) is 10.2. The Morgan fingerprint density at radius 2 is 1.95 bits per heavy atom. The molecule has 1 aromatic carbocycles. The van der Waals surface area contributed by atoms with Crippen molar-refractivity contribution in [2.45, 2.75) is 44.4 Å². The summed E-state index contributed by atoms with van der Waals surface area (Å²) in [5.74, 6) is 1.51. The number of hydrogen-bond donors (Lipinski definition) is 0. The number of hydrogen-bond acceptors (Lipinski definition) is 1. The van der Waals surface area contributed by atoms with Gasteiger partial charge >= 0.3 is 0 Å². The molecule has 1 aromatic rings. The van der Waals surface area contributed by atoms with Crippen molar-refractivity contribution in [1.82, 2.24) is 4.90 Å². The molecule has 1 amide bonds. The van der Waals surface area contributed by atoms with Gasteiger partial charge in [-0.3, -0.25) is 4.79 Å². The summed E-state index contributed by atoms with van der Waals surface area (Å²) in [5, 5.41) is 0.799. The zero-order valence-corrected chi connectivity index (χ0v) is 13.5. The molecule has 3 rings (SSSR count). The Morgan fingerprint density at radius 3 is 2.67 bits per heavy atom. The molecule has 114 valence electrons. The molecule has 0 bridgehead atoms. The van der Waals surface area contributed by atoms with Gasteiger partial charge < -0.3 is 4.90 Å². The number of nitrogens with zero attached hydrogens (tertiary/aromatic N) is 1. The molecule has 0 saturated heterocycles. The molecule has 0 radical (unpaired) electrons. The Hall–Kier alpha value is -1.02. The van der Waals surface area contributed by atoms with Gasteiger partial charge in [-0.2, -0.15) is 0 Å². The summed E-state index contributed by atoms with van der Waals surface area (Å²) < 4.78 is 0. The van der Waals surface area contributed by atoms with Gasteiger partial charge in [-0.05, 0) is 42.7 Å². The SMILES string of the molecule is CN(CC1CCCCC1)C(=O)C1CC1c1ccccc1Cl. The molecular formula is C18H24ClNO. The summed E-state index contributed by atoms with van der Waals surface area (Å²) in [6, 6.07) is 7.93. The molecular weight excluding hydrogens is 282 g/mol. The molecule has 2 nitrogen and oxygen atoms in total. The fraction of sp³-hybridized carbons (Fsp3) is 0.611. The van der Waals surface area contributed by atoms with Crippen molar-refractivity contribution in [2.24, 2.45) is 11.8 Å². The highest BCUT2D eigenvalue weighted by molar-refractivity contribution is 6.31. The maximum atomic E-state index is 12.6. The molecule has 3 heteroatoms. The highest BCUT2D eigenvalue weighted by atomic mass is 35.5. The molecule has 0 spiro atoms. The van der Waals surface area contributed by atoms with Gasteiger partial charge in [-0.25, -0.2) is 0 Å². The molecule has 2 fully saturated rings. The van der Waals surface area contributed by atoms with E-state index in [1.54, 1.807) is 0 Å². The van der Waals surface area contributed by atoms with Crippen LogP contribution in [0.15, 0.2) is 24.3 Å². The van der Waals surface area contributed by atoms with Crippen molar-refractivity contribution in [3.05, 3.63) is 34.9 Å². The van der Waals surface area contributed by atoms with Crippen LogP contribution in [0.5, 0.6) is 0 Å². The van der Waals surface area contributed by atoms with Crippen LogP contribution in [0.3, 0.4) is 0 Å². The second-order valence-corrected chi connectivity index (χ2v) is 7.10. The van der Waals surface area contributed by atoms with E-state index in [1.165, 1.54) is 32.1 Å². The zero-order valence-electron chi connectivity index (χ0n) is 12.7. The number of carbonyl (C=O) groups is 1. The van der Waals surface area contributed by atoms with Gasteiger partial charge in [-0.15, -0.1) is 0 Å². The van der Waals surface area contributed by atoms with Gasteiger partial charge in [0.25, 0.3) is 0 Å². The molecule has 0 N–H and O–H groups in total. The zero-order chi connectivity index (χ0) is 14.8. The average Bonchev–Trinajstić information content (AvgIpc) is 3.28. The number of benzene rings is 1. The summed E-state index contributed by atoms with van der Waals surface area (Å²) in [7, 11) is 1.97. The average molecular weight is 306 g/mol. The molecule has 2 aliphatic carbocycles. The van der Waals surface area contributed by atoms with Crippen LogP contribution in [-0.2, 0) is 4.79 Å². The first-order valence-electron chi connectivity index (χ1n) is 8.16. The van der Waals surface area contributed by atoms with Crippen molar-refractivity contribution in [3.63, 3.8) is 0 Å². The van der Waals surface area contributed by atoms with Crippen LogP contribution in [0.2, 0.25) is 5.02 Å². The van der Waals surface area contributed by atoms with Gasteiger partial charge in [0.2, 0.25) is 5.91 Å². The third kappa shape index (κ3) is 3.42. The lowest BCUT2D eigenvalue weighted by atomic mass is 9.89. The fourth-order valence-electron chi connectivity index (χ4n) is 3.72. The first-order valence-corrected chi connectivity index (χ1v) is 8.54. The number of carbonyl (C=O) groups excluding carboxylic acids is 1. The monoisotopic (exact) mass is 305 g/mol. The summed E-state index contributed by atoms with van der Waals surface area (Å²) in [5.41, 5.74) is 1.14. The quantitative estimate of drug-likeness (QED) is 0.803. The van der Waals surface area contributed by atoms with Crippen LogP contribution in [-0.4, -0.2) is 24.4 Å². The maximum Gasteiger partial charge on any atom is 0.226 e. The Labute approximate surface area is 132 Å². The highest BCUT2D eigenvalue weighted by Crippen LogP contribution is 2.50. The molecule has 21 heavy (non-hydrogen) atoms. The van der Waals surface area contributed by atoms with Crippen LogP contribution in [0.25, 0.3) is 0 Å². The van der Waals surface area contributed by atoms with Gasteiger partial charge in [0.1, 0.15) is 0 Å². The van der Waals surface area contributed by atoms with Crippen molar-refractivity contribution in [1.29, 1.82) is 0 Å². The van der Waals surface area contributed by atoms with Crippen LogP contribution in [0.1, 0.15) is 50.0 Å². The Kier molecular flexibility index (Phi) is 4.54. The normalized spacial score (nSPS) is 25.6. The van der Waals surface area contributed by atoms with Crippen molar-refractivity contribution in [2.75, 3.05) is 13.6 Å². The van der Waals surface area contributed by atoms with Crippen molar-refractivity contribution < 1.29 is 4.79 Å². The molecule has 2 aliphatic rings. The van der Waals surface area contributed by atoms with Gasteiger partial charge in [0.15, 0.2) is 0 Å². The highest BCUT2D eigenvalue weighted by Gasteiger charge is 2.46. The van der Waals surface area contributed by atoms with E-state index >= 15 is 0 Å². The second-order valence-electron chi connectivity index (χ2n) is 6.69. The Bertz CT molecular complexity index is 510. The summed E-state index contributed by atoms with van der Waals surface area (Å²) >= 11 is 6.24. The maximum absolute atomic E-state index is 12.6. The smallest absolute Gasteiger partial charge is 0.226 e.